The van der Waals surface area contributed by atoms with Crippen molar-refractivity contribution >= 4 is 5.95 Å². The molecule has 4 rings (SSSR count). The maximum Gasteiger partial charge on any atom is 0.263 e. The van der Waals surface area contributed by atoms with Gasteiger partial charge in [0.2, 0.25) is 5.95 Å². The Morgan fingerprint density at radius 2 is 1.87 bits per heavy atom. The molecule has 31 heavy (non-hydrogen) atoms. The van der Waals surface area contributed by atoms with Crippen LogP contribution in [0.15, 0.2) is 47.3 Å². The minimum absolute atomic E-state index is 0.104. The van der Waals surface area contributed by atoms with Crippen molar-refractivity contribution in [2.75, 3.05) is 18.0 Å². The quantitative estimate of drug-likeness (QED) is 0.702. The van der Waals surface area contributed by atoms with Crippen LogP contribution in [0, 0.1) is 23.0 Å². The SMILES string of the molecule is Cn1c(N2CCC(N)CC2)nc(-c2ccc(C#N)c(F)c2)c(-c2cccc(F)c2)c1=O. The van der Waals surface area contributed by atoms with Crippen LogP contribution < -0.4 is 16.2 Å². The average molecular weight is 421 g/mol. The van der Waals surface area contributed by atoms with Gasteiger partial charge in [-0.2, -0.15) is 5.26 Å². The second-order valence-electron chi connectivity index (χ2n) is 7.64. The lowest BCUT2D eigenvalue weighted by atomic mass is 9.99. The molecule has 1 saturated heterocycles. The van der Waals surface area contributed by atoms with E-state index in [1.54, 1.807) is 25.2 Å². The minimum atomic E-state index is -0.710. The van der Waals surface area contributed by atoms with Gasteiger partial charge in [0.25, 0.3) is 5.56 Å². The molecule has 1 aromatic heterocycles. The third kappa shape index (κ3) is 3.92. The molecule has 0 radical (unpaired) electrons. The van der Waals surface area contributed by atoms with Gasteiger partial charge >= 0.3 is 0 Å². The molecule has 0 atom stereocenters. The van der Waals surface area contributed by atoms with Crippen LogP contribution in [0.4, 0.5) is 14.7 Å². The van der Waals surface area contributed by atoms with Gasteiger partial charge in [0.1, 0.15) is 17.7 Å². The molecule has 6 nitrogen and oxygen atoms in total. The fraction of sp³-hybridized carbons (Fsp3) is 0.261. The number of anilines is 1. The topological polar surface area (TPSA) is 87.9 Å². The van der Waals surface area contributed by atoms with Crippen molar-refractivity contribution in [3.8, 4) is 28.5 Å². The maximum atomic E-state index is 14.4. The molecule has 2 N–H and O–H groups in total. The lowest BCUT2D eigenvalue weighted by molar-refractivity contribution is 0.490. The summed E-state index contributed by atoms with van der Waals surface area (Å²) >= 11 is 0. The molecule has 1 aliphatic rings. The number of nitrogens with zero attached hydrogens (tertiary/aromatic N) is 4. The summed E-state index contributed by atoms with van der Waals surface area (Å²) in [6, 6.07) is 11.6. The molecule has 158 valence electrons. The van der Waals surface area contributed by atoms with E-state index in [1.807, 2.05) is 4.90 Å². The van der Waals surface area contributed by atoms with E-state index in [0.29, 0.717) is 30.2 Å². The van der Waals surface area contributed by atoms with Gasteiger partial charge in [0.15, 0.2) is 0 Å². The molecule has 3 aromatic rings. The Morgan fingerprint density at radius 1 is 1.13 bits per heavy atom. The molecule has 0 saturated carbocycles. The maximum absolute atomic E-state index is 14.4. The Kier molecular flexibility index (Phi) is 5.53. The van der Waals surface area contributed by atoms with Crippen LogP contribution in [0.25, 0.3) is 22.4 Å². The first-order valence-electron chi connectivity index (χ1n) is 9.96. The zero-order valence-corrected chi connectivity index (χ0v) is 17.0. The first-order valence-corrected chi connectivity index (χ1v) is 9.96. The standard InChI is InChI=1S/C23H21F2N5O/c1-29-22(31)20(14-3-2-4-17(24)11-14)21(15-5-6-16(13-26)19(25)12-15)28-23(29)30-9-7-18(27)8-10-30/h2-6,11-12,18H,7-10,27H2,1H3. The van der Waals surface area contributed by atoms with Crippen molar-refractivity contribution in [3.05, 3.63) is 70.0 Å². The second-order valence-corrected chi connectivity index (χ2v) is 7.64. The van der Waals surface area contributed by atoms with Gasteiger partial charge in [0.05, 0.1) is 16.8 Å². The van der Waals surface area contributed by atoms with Crippen LogP contribution in [0.2, 0.25) is 0 Å². The molecule has 2 heterocycles. The van der Waals surface area contributed by atoms with Crippen molar-refractivity contribution in [1.29, 1.82) is 5.26 Å². The van der Waals surface area contributed by atoms with Crippen molar-refractivity contribution in [1.82, 2.24) is 9.55 Å². The summed E-state index contributed by atoms with van der Waals surface area (Å²) in [6.07, 6.45) is 1.53. The van der Waals surface area contributed by atoms with Crippen molar-refractivity contribution in [3.63, 3.8) is 0 Å². The first kappa shape index (κ1) is 20.7. The van der Waals surface area contributed by atoms with E-state index >= 15 is 0 Å². The Morgan fingerprint density at radius 3 is 2.52 bits per heavy atom. The molecule has 1 aliphatic heterocycles. The van der Waals surface area contributed by atoms with Gasteiger partial charge in [-0.25, -0.2) is 13.8 Å². The molecule has 1 fully saturated rings. The van der Waals surface area contributed by atoms with E-state index in [9.17, 15) is 13.6 Å². The van der Waals surface area contributed by atoms with E-state index in [-0.39, 0.29) is 28.4 Å². The highest BCUT2D eigenvalue weighted by atomic mass is 19.1. The van der Waals surface area contributed by atoms with Crippen molar-refractivity contribution in [2.24, 2.45) is 12.8 Å². The molecule has 0 spiro atoms. The molecule has 0 unspecified atom stereocenters. The van der Waals surface area contributed by atoms with Gasteiger partial charge in [-0.05, 0) is 42.7 Å². The fourth-order valence-electron chi connectivity index (χ4n) is 3.84. The predicted molar refractivity (Wildman–Crippen MR) is 114 cm³/mol. The second kappa shape index (κ2) is 8.28. The fourth-order valence-corrected chi connectivity index (χ4v) is 3.84. The molecular weight excluding hydrogens is 400 g/mol. The zero-order valence-electron chi connectivity index (χ0n) is 17.0. The summed E-state index contributed by atoms with van der Waals surface area (Å²) in [4.78, 5) is 20.1. The number of halogens is 2. The number of benzene rings is 2. The van der Waals surface area contributed by atoms with E-state index in [1.165, 1.54) is 34.9 Å². The summed E-state index contributed by atoms with van der Waals surface area (Å²) in [7, 11) is 1.62. The Hall–Kier alpha value is -3.57. The van der Waals surface area contributed by atoms with Crippen LogP contribution in [0.5, 0.6) is 0 Å². The van der Waals surface area contributed by atoms with Gasteiger partial charge in [-0.1, -0.05) is 18.2 Å². The molecular formula is C23H21F2N5O. The van der Waals surface area contributed by atoms with E-state index < -0.39 is 11.6 Å². The summed E-state index contributed by atoms with van der Waals surface area (Å²) < 4.78 is 29.8. The van der Waals surface area contributed by atoms with Crippen molar-refractivity contribution < 1.29 is 8.78 Å². The lowest BCUT2D eigenvalue weighted by Gasteiger charge is -2.32. The molecule has 8 heteroatoms. The lowest BCUT2D eigenvalue weighted by Crippen LogP contribution is -2.42. The number of piperidine rings is 1. The van der Waals surface area contributed by atoms with Crippen LogP contribution in [-0.2, 0) is 7.05 Å². The largest absolute Gasteiger partial charge is 0.342 e. The van der Waals surface area contributed by atoms with Gasteiger partial charge in [-0.3, -0.25) is 9.36 Å². The minimum Gasteiger partial charge on any atom is -0.342 e. The van der Waals surface area contributed by atoms with Crippen LogP contribution >= 0.6 is 0 Å². The molecule has 0 aliphatic carbocycles. The summed E-state index contributed by atoms with van der Waals surface area (Å²) in [6.45, 7) is 1.28. The van der Waals surface area contributed by atoms with Gasteiger partial charge in [-0.15, -0.1) is 0 Å². The monoisotopic (exact) mass is 421 g/mol. The van der Waals surface area contributed by atoms with Crippen molar-refractivity contribution in [2.45, 2.75) is 18.9 Å². The molecule has 0 amide bonds. The van der Waals surface area contributed by atoms with Gasteiger partial charge < -0.3 is 10.6 Å². The predicted octanol–water partition coefficient (Wildman–Crippen LogP) is 3.19. The number of aromatic nitrogens is 2. The summed E-state index contributed by atoms with van der Waals surface area (Å²) in [5, 5.41) is 9.04. The van der Waals surface area contributed by atoms with E-state index in [4.69, 9.17) is 16.0 Å². The number of rotatable bonds is 3. The van der Waals surface area contributed by atoms with E-state index in [0.717, 1.165) is 12.8 Å². The Labute approximate surface area is 178 Å². The highest BCUT2D eigenvalue weighted by Gasteiger charge is 2.24. The highest BCUT2D eigenvalue weighted by molar-refractivity contribution is 5.81. The summed E-state index contributed by atoms with van der Waals surface area (Å²) in [5.74, 6) is -0.763. The number of hydrogen-bond donors (Lipinski definition) is 1. The van der Waals surface area contributed by atoms with Gasteiger partial charge in [0, 0.05) is 31.7 Å². The number of hydrogen-bond acceptors (Lipinski definition) is 5. The number of nitriles is 1. The Bertz CT molecular complexity index is 1240. The van der Waals surface area contributed by atoms with Crippen LogP contribution in [-0.4, -0.2) is 28.7 Å². The third-order valence-corrected chi connectivity index (χ3v) is 5.57. The third-order valence-electron chi connectivity index (χ3n) is 5.57. The van der Waals surface area contributed by atoms with E-state index in [2.05, 4.69) is 0 Å². The van der Waals surface area contributed by atoms with Crippen LogP contribution in [0.1, 0.15) is 18.4 Å². The first-order chi connectivity index (χ1) is 14.9. The normalized spacial score (nSPS) is 14.5. The summed E-state index contributed by atoms with van der Waals surface area (Å²) in [5.41, 5.74) is 6.62. The zero-order chi connectivity index (χ0) is 22.1. The number of nitrogens with two attached hydrogens (primary N) is 1. The Balaban J connectivity index is 1.96. The highest BCUT2D eigenvalue weighted by Crippen LogP contribution is 2.31. The molecule has 0 bridgehead atoms. The average Bonchev–Trinajstić information content (AvgIpc) is 2.76. The smallest absolute Gasteiger partial charge is 0.263 e. The van der Waals surface area contributed by atoms with Crippen LogP contribution in [0.3, 0.4) is 0 Å². The molecule has 2 aromatic carbocycles.